The van der Waals surface area contributed by atoms with E-state index in [2.05, 4.69) is 37.8 Å². The standard InChI is InChI=1S/C19H30IN5O4/c1-19(2,3)29-18(26)25-7-5-6-13(12-25)21-15-14(20)16(27-4)23-17(22-15)24-8-10-28-11-9-24/h13H,5-12H2,1-4H3,(H,21,22,23). The zero-order valence-electron chi connectivity index (χ0n) is 17.5. The van der Waals surface area contributed by atoms with Crippen molar-refractivity contribution < 1.29 is 19.0 Å². The van der Waals surface area contributed by atoms with Gasteiger partial charge in [-0.25, -0.2) is 4.79 Å². The summed E-state index contributed by atoms with van der Waals surface area (Å²) in [6.45, 7) is 9.74. The quantitative estimate of drug-likeness (QED) is 0.608. The minimum Gasteiger partial charge on any atom is -0.480 e. The highest BCUT2D eigenvalue weighted by Crippen LogP contribution is 2.29. The van der Waals surface area contributed by atoms with Gasteiger partial charge in [-0.2, -0.15) is 9.97 Å². The fourth-order valence-electron chi connectivity index (χ4n) is 3.33. The van der Waals surface area contributed by atoms with Crippen LogP contribution in [0.15, 0.2) is 0 Å². The maximum atomic E-state index is 12.5. The maximum Gasteiger partial charge on any atom is 0.410 e. The van der Waals surface area contributed by atoms with Gasteiger partial charge in [-0.05, 0) is 56.2 Å². The van der Waals surface area contributed by atoms with Gasteiger partial charge in [0, 0.05) is 32.2 Å². The Kier molecular flexibility index (Phi) is 7.25. The van der Waals surface area contributed by atoms with E-state index in [1.54, 1.807) is 12.0 Å². The van der Waals surface area contributed by atoms with Gasteiger partial charge in [0.15, 0.2) is 0 Å². The molecule has 3 rings (SSSR count). The summed E-state index contributed by atoms with van der Waals surface area (Å²) in [6.07, 6.45) is 1.59. The fourth-order valence-corrected chi connectivity index (χ4v) is 3.95. The number of hydrogen-bond acceptors (Lipinski definition) is 8. The van der Waals surface area contributed by atoms with Crippen LogP contribution in [0.25, 0.3) is 0 Å². The zero-order chi connectivity index (χ0) is 21.0. The second-order valence-electron chi connectivity index (χ2n) is 8.20. The predicted octanol–water partition coefficient (Wildman–Crippen LogP) is 2.74. The lowest BCUT2D eigenvalue weighted by atomic mass is 10.1. The molecule has 0 radical (unpaired) electrons. The Labute approximate surface area is 185 Å². The van der Waals surface area contributed by atoms with Crippen LogP contribution in [0.5, 0.6) is 5.88 Å². The summed E-state index contributed by atoms with van der Waals surface area (Å²) >= 11 is 2.20. The molecule has 0 bridgehead atoms. The van der Waals surface area contributed by atoms with Crippen LogP contribution in [0.3, 0.4) is 0 Å². The van der Waals surface area contributed by atoms with E-state index < -0.39 is 5.60 Å². The molecule has 9 nitrogen and oxygen atoms in total. The smallest absolute Gasteiger partial charge is 0.410 e. The van der Waals surface area contributed by atoms with Crippen molar-refractivity contribution in [3.63, 3.8) is 0 Å². The van der Waals surface area contributed by atoms with Gasteiger partial charge in [-0.15, -0.1) is 0 Å². The molecule has 1 N–H and O–H groups in total. The zero-order valence-corrected chi connectivity index (χ0v) is 19.7. The lowest BCUT2D eigenvalue weighted by molar-refractivity contribution is 0.0206. The SMILES string of the molecule is COc1nc(N2CCOCC2)nc(NC2CCCN(C(=O)OC(C)(C)C)C2)c1I. The van der Waals surface area contributed by atoms with Crippen molar-refractivity contribution in [2.45, 2.75) is 45.3 Å². The van der Waals surface area contributed by atoms with E-state index in [4.69, 9.17) is 19.2 Å². The topological polar surface area (TPSA) is 89.1 Å². The van der Waals surface area contributed by atoms with Crippen LogP contribution in [0.1, 0.15) is 33.6 Å². The number of piperidine rings is 1. The van der Waals surface area contributed by atoms with E-state index >= 15 is 0 Å². The van der Waals surface area contributed by atoms with Crippen LogP contribution in [0.4, 0.5) is 16.6 Å². The first-order chi connectivity index (χ1) is 13.8. The Morgan fingerprint density at radius 2 is 1.97 bits per heavy atom. The van der Waals surface area contributed by atoms with Gasteiger partial charge in [0.1, 0.15) is 15.0 Å². The summed E-state index contributed by atoms with van der Waals surface area (Å²) in [5, 5.41) is 3.51. The largest absolute Gasteiger partial charge is 0.480 e. The van der Waals surface area contributed by atoms with Crippen molar-refractivity contribution in [2.75, 3.05) is 56.7 Å². The minimum atomic E-state index is -0.500. The summed E-state index contributed by atoms with van der Waals surface area (Å²) in [4.78, 5) is 25.6. The van der Waals surface area contributed by atoms with E-state index in [0.29, 0.717) is 38.1 Å². The number of anilines is 2. The van der Waals surface area contributed by atoms with Crippen LogP contribution in [-0.4, -0.2) is 79.1 Å². The third-order valence-electron chi connectivity index (χ3n) is 4.71. The molecule has 2 aliphatic heterocycles. The van der Waals surface area contributed by atoms with Gasteiger partial charge in [0.05, 0.1) is 20.3 Å². The molecule has 1 aromatic rings. The number of rotatable bonds is 4. The molecular weight excluding hydrogens is 489 g/mol. The summed E-state index contributed by atoms with van der Waals surface area (Å²) < 4.78 is 17.3. The molecule has 2 saturated heterocycles. The highest BCUT2D eigenvalue weighted by atomic mass is 127. The Balaban J connectivity index is 1.73. The van der Waals surface area contributed by atoms with Crippen LogP contribution in [0, 0.1) is 3.57 Å². The maximum absolute atomic E-state index is 12.5. The highest BCUT2D eigenvalue weighted by Gasteiger charge is 2.29. The molecule has 0 aliphatic carbocycles. The van der Waals surface area contributed by atoms with Gasteiger partial charge in [-0.3, -0.25) is 0 Å². The number of amides is 1. The van der Waals surface area contributed by atoms with Gasteiger partial charge in [-0.1, -0.05) is 0 Å². The Morgan fingerprint density at radius 1 is 1.24 bits per heavy atom. The molecule has 29 heavy (non-hydrogen) atoms. The van der Waals surface area contributed by atoms with Gasteiger partial charge in [0.25, 0.3) is 0 Å². The van der Waals surface area contributed by atoms with E-state index in [9.17, 15) is 4.79 Å². The third kappa shape index (κ3) is 5.97. The molecule has 1 amide bonds. The van der Waals surface area contributed by atoms with Crippen molar-refractivity contribution in [2.24, 2.45) is 0 Å². The van der Waals surface area contributed by atoms with E-state index in [1.807, 2.05) is 20.8 Å². The molecule has 0 spiro atoms. The monoisotopic (exact) mass is 519 g/mol. The fraction of sp³-hybridized carbons (Fsp3) is 0.737. The average molecular weight is 519 g/mol. The average Bonchev–Trinajstić information content (AvgIpc) is 2.69. The van der Waals surface area contributed by atoms with E-state index in [1.165, 1.54) is 0 Å². The second kappa shape index (κ2) is 9.50. The number of likely N-dealkylation sites (tertiary alicyclic amines) is 1. The molecule has 1 aromatic heterocycles. The summed E-state index contributed by atoms with van der Waals surface area (Å²) in [5.41, 5.74) is -0.500. The van der Waals surface area contributed by atoms with Gasteiger partial charge in [0.2, 0.25) is 11.8 Å². The number of nitrogens with one attached hydrogen (secondary N) is 1. The first-order valence-corrected chi connectivity index (χ1v) is 11.0. The first kappa shape index (κ1) is 22.1. The minimum absolute atomic E-state index is 0.0851. The summed E-state index contributed by atoms with van der Waals surface area (Å²) in [6, 6.07) is 0.0851. The van der Waals surface area contributed by atoms with Crippen molar-refractivity contribution in [3.05, 3.63) is 3.57 Å². The van der Waals surface area contributed by atoms with Crippen LogP contribution in [0.2, 0.25) is 0 Å². The Bertz CT molecular complexity index is 721. The molecule has 1 unspecified atom stereocenters. The van der Waals surface area contributed by atoms with Crippen LogP contribution >= 0.6 is 22.6 Å². The van der Waals surface area contributed by atoms with E-state index in [-0.39, 0.29) is 12.1 Å². The van der Waals surface area contributed by atoms with Crippen molar-refractivity contribution in [1.29, 1.82) is 0 Å². The molecule has 2 aliphatic rings. The molecular formula is C19H30IN5O4. The first-order valence-electron chi connectivity index (χ1n) is 9.95. The molecule has 162 valence electrons. The number of carbonyl (C=O) groups excluding carboxylic acids is 1. The molecule has 0 saturated carbocycles. The number of hydrogen-bond donors (Lipinski definition) is 1. The van der Waals surface area contributed by atoms with Crippen molar-refractivity contribution in [1.82, 2.24) is 14.9 Å². The Morgan fingerprint density at radius 3 is 2.62 bits per heavy atom. The highest BCUT2D eigenvalue weighted by molar-refractivity contribution is 14.1. The molecule has 0 aromatic carbocycles. The predicted molar refractivity (Wildman–Crippen MR) is 119 cm³/mol. The van der Waals surface area contributed by atoms with Crippen molar-refractivity contribution >= 4 is 40.5 Å². The van der Waals surface area contributed by atoms with E-state index in [0.717, 1.165) is 35.3 Å². The number of nitrogens with zero attached hydrogens (tertiary/aromatic N) is 4. The second-order valence-corrected chi connectivity index (χ2v) is 9.28. The number of halogens is 1. The molecule has 2 fully saturated rings. The molecule has 1 atom stereocenters. The summed E-state index contributed by atoms with van der Waals surface area (Å²) in [5.74, 6) is 1.91. The number of ether oxygens (including phenoxy) is 3. The number of morpholine rings is 1. The van der Waals surface area contributed by atoms with Crippen LogP contribution < -0.4 is 15.0 Å². The van der Waals surface area contributed by atoms with Crippen molar-refractivity contribution in [3.8, 4) is 5.88 Å². The van der Waals surface area contributed by atoms with Gasteiger partial charge >= 0.3 is 6.09 Å². The molecule has 3 heterocycles. The number of carbonyl (C=O) groups is 1. The van der Waals surface area contributed by atoms with Gasteiger partial charge < -0.3 is 29.3 Å². The molecule has 10 heteroatoms. The lowest BCUT2D eigenvalue weighted by Gasteiger charge is -2.35. The summed E-state index contributed by atoms with van der Waals surface area (Å²) in [7, 11) is 1.61. The van der Waals surface area contributed by atoms with Crippen LogP contribution in [-0.2, 0) is 9.47 Å². The third-order valence-corrected chi connectivity index (χ3v) is 5.68. The Hall–Kier alpha value is -1.56. The normalized spacial score (nSPS) is 20.4. The number of aromatic nitrogens is 2. The number of methoxy groups -OCH3 is 1. The lowest BCUT2D eigenvalue weighted by Crippen LogP contribution is -2.47.